The Balaban J connectivity index is 1.71. The molecule has 1 amide bonds. The van der Waals surface area contributed by atoms with Crippen molar-refractivity contribution in [1.29, 1.82) is 0 Å². The van der Waals surface area contributed by atoms with Crippen LogP contribution < -0.4 is 5.32 Å². The molecule has 102 valence electrons. The first kappa shape index (κ1) is 11.9. The number of carbonyl (C=O) groups is 1. The van der Waals surface area contributed by atoms with Gasteiger partial charge in [-0.2, -0.15) is 0 Å². The van der Waals surface area contributed by atoms with E-state index in [1.54, 1.807) is 0 Å². The lowest BCUT2D eigenvalue weighted by Gasteiger charge is -2.22. The number of rotatable bonds is 2. The van der Waals surface area contributed by atoms with Crippen molar-refractivity contribution in [2.75, 3.05) is 0 Å². The summed E-state index contributed by atoms with van der Waals surface area (Å²) < 4.78 is 0. The summed E-state index contributed by atoms with van der Waals surface area (Å²) in [6.07, 6.45) is 6.93. The Hall–Kier alpha value is -0.870. The Morgan fingerprint density at radius 2 is 2.05 bits per heavy atom. The average Bonchev–Trinajstić information content (AvgIpc) is 2.85. The van der Waals surface area contributed by atoms with Crippen LogP contribution in [0.5, 0.6) is 0 Å². The van der Waals surface area contributed by atoms with Crippen LogP contribution in [0, 0.1) is 6.92 Å². The van der Waals surface area contributed by atoms with Gasteiger partial charge in [-0.25, -0.2) is 0 Å². The molecule has 1 N–H and O–H groups in total. The van der Waals surface area contributed by atoms with Gasteiger partial charge in [-0.15, -0.1) is 11.3 Å². The summed E-state index contributed by atoms with van der Waals surface area (Å²) in [6.45, 7) is 2.14. The summed E-state index contributed by atoms with van der Waals surface area (Å²) >= 11 is 1.82. The fraction of sp³-hybridized carbons (Fsp3) is 0.667. The van der Waals surface area contributed by atoms with E-state index in [0.29, 0.717) is 11.9 Å². The van der Waals surface area contributed by atoms with Gasteiger partial charge in [0, 0.05) is 15.8 Å². The van der Waals surface area contributed by atoms with E-state index >= 15 is 0 Å². The van der Waals surface area contributed by atoms with Gasteiger partial charge in [0.2, 0.25) is 5.91 Å². The molecule has 4 heteroatoms. The molecule has 1 aromatic rings. The largest absolute Gasteiger partial charge is 0.317 e. The molecule has 1 aliphatic heterocycles. The third-order valence-corrected chi connectivity index (χ3v) is 5.82. The zero-order valence-electron chi connectivity index (χ0n) is 11.3. The van der Waals surface area contributed by atoms with Crippen molar-refractivity contribution >= 4 is 17.2 Å². The zero-order chi connectivity index (χ0) is 13.0. The van der Waals surface area contributed by atoms with Crippen molar-refractivity contribution in [3.05, 3.63) is 21.9 Å². The van der Waals surface area contributed by atoms with E-state index in [0.717, 1.165) is 12.8 Å². The monoisotopic (exact) mass is 276 g/mol. The number of carbonyl (C=O) groups excluding carboxylic acids is 1. The van der Waals surface area contributed by atoms with Gasteiger partial charge in [0.1, 0.15) is 6.17 Å². The molecule has 1 aromatic heterocycles. The maximum atomic E-state index is 12.9. The van der Waals surface area contributed by atoms with Crippen molar-refractivity contribution in [3.63, 3.8) is 0 Å². The van der Waals surface area contributed by atoms with Crippen LogP contribution in [0.3, 0.4) is 0 Å². The highest BCUT2D eigenvalue weighted by Gasteiger charge is 2.56. The molecule has 3 aliphatic rings. The zero-order valence-corrected chi connectivity index (χ0v) is 12.1. The lowest BCUT2D eigenvalue weighted by molar-refractivity contribution is -0.133. The molecule has 3 fully saturated rings. The molecule has 2 aliphatic carbocycles. The molecule has 1 saturated heterocycles. The Kier molecular flexibility index (Phi) is 2.55. The smallest absolute Gasteiger partial charge is 0.244 e. The molecular weight excluding hydrogens is 256 g/mol. The van der Waals surface area contributed by atoms with Gasteiger partial charge in [0.05, 0.1) is 5.54 Å². The summed E-state index contributed by atoms with van der Waals surface area (Å²) in [4.78, 5) is 17.7. The molecule has 2 heterocycles. The molecule has 1 unspecified atom stereocenters. The Labute approximate surface area is 118 Å². The fourth-order valence-electron chi connectivity index (χ4n) is 3.63. The normalized spacial score (nSPS) is 29.6. The number of hydrogen-bond donors (Lipinski definition) is 1. The van der Waals surface area contributed by atoms with Crippen molar-refractivity contribution in [3.8, 4) is 0 Å². The molecule has 0 radical (unpaired) electrons. The first-order valence-electron chi connectivity index (χ1n) is 7.36. The van der Waals surface area contributed by atoms with Gasteiger partial charge in [-0.05, 0) is 44.7 Å². The number of hydrogen-bond acceptors (Lipinski definition) is 3. The number of nitrogens with one attached hydrogen (secondary N) is 1. The summed E-state index contributed by atoms with van der Waals surface area (Å²) in [5.41, 5.74) is -0.231. The highest BCUT2D eigenvalue weighted by Crippen LogP contribution is 2.46. The molecule has 4 rings (SSSR count). The van der Waals surface area contributed by atoms with Crippen LogP contribution >= 0.6 is 11.3 Å². The molecule has 0 aromatic carbocycles. The molecule has 2 saturated carbocycles. The van der Waals surface area contributed by atoms with E-state index in [1.165, 1.54) is 35.4 Å². The third kappa shape index (κ3) is 1.77. The highest BCUT2D eigenvalue weighted by atomic mass is 32.1. The minimum Gasteiger partial charge on any atom is -0.317 e. The highest BCUT2D eigenvalue weighted by molar-refractivity contribution is 7.12. The van der Waals surface area contributed by atoms with E-state index in [1.807, 2.05) is 11.3 Å². The first-order chi connectivity index (χ1) is 9.20. The van der Waals surface area contributed by atoms with Gasteiger partial charge in [0.15, 0.2) is 0 Å². The van der Waals surface area contributed by atoms with Crippen molar-refractivity contribution in [2.45, 2.75) is 63.2 Å². The lowest BCUT2D eigenvalue weighted by Crippen LogP contribution is -2.44. The van der Waals surface area contributed by atoms with Crippen molar-refractivity contribution < 1.29 is 4.79 Å². The van der Waals surface area contributed by atoms with Crippen molar-refractivity contribution in [2.24, 2.45) is 0 Å². The van der Waals surface area contributed by atoms with E-state index in [9.17, 15) is 4.79 Å². The molecular formula is C15H20N2OS. The standard InChI is InChI=1S/C15H20N2OS/c1-10-4-7-12(19-10)13-16-15(8-2-3-9-15)14(18)17(13)11-5-6-11/h4,7,11,13,16H,2-3,5-6,8-9H2,1H3. The van der Waals surface area contributed by atoms with Crippen LogP contribution in [0.4, 0.5) is 0 Å². The fourth-order valence-corrected chi connectivity index (χ4v) is 4.56. The Morgan fingerprint density at radius 1 is 1.32 bits per heavy atom. The molecule has 19 heavy (non-hydrogen) atoms. The number of amides is 1. The van der Waals surface area contributed by atoms with E-state index in [2.05, 4.69) is 29.3 Å². The first-order valence-corrected chi connectivity index (χ1v) is 8.18. The summed E-state index contributed by atoms with van der Waals surface area (Å²) in [7, 11) is 0. The predicted molar refractivity (Wildman–Crippen MR) is 76.0 cm³/mol. The van der Waals surface area contributed by atoms with Crippen molar-refractivity contribution in [1.82, 2.24) is 10.2 Å². The Morgan fingerprint density at radius 3 is 2.63 bits per heavy atom. The minimum atomic E-state index is -0.231. The quantitative estimate of drug-likeness (QED) is 0.900. The van der Waals surface area contributed by atoms with Gasteiger partial charge >= 0.3 is 0 Å². The second-order valence-electron chi connectivity index (χ2n) is 6.23. The Bertz CT molecular complexity index is 514. The van der Waals surface area contributed by atoms with E-state index in [-0.39, 0.29) is 11.7 Å². The number of nitrogens with zero attached hydrogens (tertiary/aromatic N) is 1. The lowest BCUT2D eigenvalue weighted by atomic mass is 9.98. The second kappa shape index (κ2) is 4.06. The van der Waals surface area contributed by atoms with Gasteiger partial charge in [0.25, 0.3) is 0 Å². The maximum absolute atomic E-state index is 12.9. The topological polar surface area (TPSA) is 32.3 Å². The van der Waals surface area contributed by atoms with E-state index < -0.39 is 0 Å². The van der Waals surface area contributed by atoms with Gasteiger partial charge < -0.3 is 4.90 Å². The maximum Gasteiger partial charge on any atom is 0.244 e. The average molecular weight is 276 g/mol. The van der Waals surface area contributed by atoms with Gasteiger partial charge in [-0.1, -0.05) is 12.8 Å². The summed E-state index contributed by atoms with van der Waals surface area (Å²) in [5.74, 6) is 0.378. The molecule has 0 bridgehead atoms. The second-order valence-corrected chi connectivity index (χ2v) is 7.55. The summed E-state index contributed by atoms with van der Waals surface area (Å²) in [6, 6.07) is 4.85. The van der Waals surface area contributed by atoms with Crippen LogP contribution in [-0.4, -0.2) is 22.4 Å². The van der Waals surface area contributed by atoms with Gasteiger partial charge in [-0.3, -0.25) is 10.1 Å². The SMILES string of the molecule is Cc1ccc(C2NC3(CCCC3)C(=O)N2C2CC2)s1. The minimum absolute atomic E-state index is 0.136. The van der Waals surface area contributed by atoms with Crippen LogP contribution in [0.25, 0.3) is 0 Å². The number of thiophene rings is 1. The van der Waals surface area contributed by atoms with Crippen LogP contribution in [0.15, 0.2) is 12.1 Å². The number of aryl methyl sites for hydroxylation is 1. The molecule has 3 nitrogen and oxygen atoms in total. The van der Waals surface area contributed by atoms with E-state index in [4.69, 9.17) is 0 Å². The predicted octanol–water partition coefficient (Wildman–Crippen LogP) is 2.96. The van der Waals surface area contributed by atoms with Crippen LogP contribution in [-0.2, 0) is 4.79 Å². The third-order valence-electron chi connectivity index (χ3n) is 4.76. The molecule has 1 spiro atoms. The van der Waals surface area contributed by atoms with Crippen LogP contribution in [0.2, 0.25) is 0 Å². The van der Waals surface area contributed by atoms with Crippen LogP contribution in [0.1, 0.15) is 54.4 Å². The molecule has 1 atom stereocenters. The summed E-state index contributed by atoms with van der Waals surface area (Å²) in [5, 5.41) is 3.70.